The van der Waals surface area contributed by atoms with E-state index in [4.69, 9.17) is 0 Å². The quantitative estimate of drug-likeness (QED) is 0.344. The van der Waals surface area contributed by atoms with Crippen molar-refractivity contribution in [2.24, 2.45) is 0 Å². The molecule has 8 heteroatoms. The molecule has 0 aliphatic carbocycles. The predicted octanol–water partition coefficient (Wildman–Crippen LogP) is 4.29. The number of carbonyl (C=O) groups excluding carboxylic acids is 2. The molecule has 7 nitrogen and oxygen atoms in total. The van der Waals surface area contributed by atoms with E-state index in [2.05, 4.69) is 21.2 Å². The van der Waals surface area contributed by atoms with Gasteiger partial charge < -0.3 is 10.2 Å². The van der Waals surface area contributed by atoms with Crippen molar-refractivity contribution in [3.05, 3.63) is 110 Å². The molecule has 0 saturated carbocycles. The minimum atomic E-state index is -0.786. The number of amides is 2. The number of nitro groups is 1. The lowest BCUT2D eigenvalue weighted by Crippen LogP contribution is -2.50. The van der Waals surface area contributed by atoms with Crippen LogP contribution in [0.4, 0.5) is 5.69 Å². The Morgan fingerprint density at radius 1 is 1.00 bits per heavy atom. The molecule has 0 aliphatic rings. The van der Waals surface area contributed by atoms with Crippen molar-refractivity contribution < 1.29 is 14.5 Å². The zero-order chi connectivity index (χ0) is 23.8. The fraction of sp³-hybridized carbons (Fsp3) is 0.200. The summed E-state index contributed by atoms with van der Waals surface area (Å²) in [7, 11) is 1.53. The molecule has 3 rings (SSSR count). The Balaban J connectivity index is 1.98. The van der Waals surface area contributed by atoms with Crippen LogP contribution in [0.5, 0.6) is 0 Å². The molecule has 0 aliphatic heterocycles. The third-order valence-corrected chi connectivity index (χ3v) is 5.78. The van der Waals surface area contributed by atoms with Crippen LogP contribution in [0.3, 0.4) is 0 Å². The Hall–Kier alpha value is -3.52. The number of hydrogen-bond donors (Lipinski definition) is 1. The normalized spacial score (nSPS) is 11.5. The standard InChI is InChI=1S/C25H24BrN3O4/c1-27-25(31)23(15-18-8-3-2-4-9-18)28(17-19-10-7-12-21(26)14-19)24(30)16-20-11-5-6-13-22(20)29(32)33/h2-14,23H,15-17H2,1H3,(H,27,31). The van der Waals surface area contributed by atoms with Gasteiger partial charge in [0.05, 0.1) is 11.3 Å². The Morgan fingerprint density at radius 2 is 1.67 bits per heavy atom. The first-order valence-corrected chi connectivity index (χ1v) is 11.2. The van der Waals surface area contributed by atoms with E-state index >= 15 is 0 Å². The molecule has 3 aromatic rings. The van der Waals surface area contributed by atoms with Crippen LogP contribution in [0.25, 0.3) is 0 Å². The highest BCUT2D eigenvalue weighted by molar-refractivity contribution is 9.10. The maximum atomic E-state index is 13.5. The lowest BCUT2D eigenvalue weighted by Gasteiger charge is -2.31. The third kappa shape index (κ3) is 6.49. The van der Waals surface area contributed by atoms with Crippen molar-refractivity contribution in [1.29, 1.82) is 0 Å². The highest BCUT2D eigenvalue weighted by Crippen LogP contribution is 2.22. The average molecular weight is 510 g/mol. The van der Waals surface area contributed by atoms with E-state index < -0.39 is 11.0 Å². The summed E-state index contributed by atoms with van der Waals surface area (Å²) in [6, 6.07) is 22.3. The maximum Gasteiger partial charge on any atom is 0.273 e. The second-order valence-electron chi connectivity index (χ2n) is 7.53. The van der Waals surface area contributed by atoms with Gasteiger partial charge in [-0.2, -0.15) is 0 Å². The molecular weight excluding hydrogens is 486 g/mol. The van der Waals surface area contributed by atoms with Crippen LogP contribution < -0.4 is 5.32 Å². The van der Waals surface area contributed by atoms with Gasteiger partial charge in [0.2, 0.25) is 11.8 Å². The van der Waals surface area contributed by atoms with Crippen molar-refractivity contribution in [2.75, 3.05) is 7.05 Å². The van der Waals surface area contributed by atoms with Gasteiger partial charge in [-0.15, -0.1) is 0 Å². The minimum absolute atomic E-state index is 0.118. The van der Waals surface area contributed by atoms with Crippen LogP contribution in [0.2, 0.25) is 0 Å². The molecule has 0 aromatic heterocycles. The first-order chi connectivity index (χ1) is 15.9. The van der Waals surface area contributed by atoms with Crippen LogP contribution in [0.15, 0.2) is 83.3 Å². The summed E-state index contributed by atoms with van der Waals surface area (Å²) in [4.78, 5) is 38.9. The Morgan fingerprint density at radius 3 is 2.33 bits per heavy atom. The van der Waals surface area contributed by atoms with Gasteiger partial charge in [-0.1, -0.05) is 76.6 Å². The van der Waals surface area contributed by atoms with Crippen LogP contribution >= 0.6 is 15.9 Å². The van der Waals surface area contributed by atoms with Gasteiger partial charge in [0.1, 0.15) is 6.04 Å². The first kappa shape index (κ1) is 24.1. The van der Waals surface area contributed by atoms with Crippen molar-refractivity contribution in [1.82, 2.24) is 10.2 Å². The van der Waals surface area contributed by atoms with Gasteiger partial charge in [0.25, 0.3) is 5.69 Å². The van der Waals surface area contributed by atoms with E-state index in [0.717, 1.165) is 15.6 Å². The number of nitrogens with zero attached hydrogens (tertiary/aromatic N) is 2. The van der Waals surface area contributed by atoms with Crippen molar-refractivity contribution in [2.45, 2.75) is 25.4 Å². The minimum Gasteiger partial charge on any atom is -0.357 e. The molecule has 1 unspecified atom stereocenters. The summed E-state index contributed by atoms with van der Waals surface area (Å²) in [6.45, 7) is 0.184. The number of hydrogen-bond acceptors (Lipinski definition) is 4. The second-order valence-corrected chi connectivity index (χ2v) is 8.45. The molecule has 1 N–H and O–H groups in total. The Bertz CT molecular complexity index is 1140. The van der Waals surface area contributed by atoms with Crippen molar-refractivity contribution in [3.63, 3.8) is 0 Å². The Labute approximate surface area is 200 Å². The van der Waals surface area contributed by atoms with E-state index in [1.165, 1.54) is 18.0 Å². The van der Waals surface area contributed by atoms with Gasteiger partial charge >= 0.3 is 0 Å². The van der Waals surface area contributed by atoms with Crippen molar-refractivity contribution >= 4 is 33.4 Å². The molecule has 0 fully saturated rings. The van der Waals surface area contributed by atoms with Crippen molar-refractivity contribution in [3.8, 4) is 0 Å². The number of benzene rings is 3. The van der Waals surface area contributed by atoms with E-state index in [9.17, 15) is 19.7 Å². The number of likely N-dealkylation sites (N-methyl/N-ethyl adjacent to an activating group) is 1. The molecule has 0 saturated heterocycles. The highest BCUT2D eigenvalue weighted by Gasteiger charge is 2.31. The molecule has 0 bridgehead atoms. The summed E-state index contributed by atoms with van der Waals surface area (Å²) < 4.78 is 0.852. The van der Waals surface area contributed by atoms with Crippen LogP contribution in [0.1, 0.15) is 16.7 Å². The molecule has 0 spiro atoms. The van der Waals surface area contributed by atoms with E-state index in [1.54, 1.807) is 18.2 Å². The first-order valence-electron chi connectivity index (χ1n) is 10.4. The number of halogens is 1. The number of nitrogens with one attached hydrogen (secondary N) is 1. The summed E-state index contributed by atoms with van der Waals surface area (Å²) in [5, 5.41) is 14.1. The fourth-order valence-electron chi connectivity index (χ4n) is 3.66. The van der Waals surface area contributed by atoms with Gasteiger partial charge in [0.15, 0.2) is 0 Å². The summed E-state index contributed by atoms with van der Waals surface area (Å²) in [6.07, 6.45) is 0.130. The smallest absolute Gasteiger partial charge is 0.273 e. The predicted molar refractivity (Wildman–Crippen MR) is 129 cm³/mol. The molecular formula is C25H24BrN3O4. The number of para-hydroxylation sites is 1. The molecule has 0 heterocycles. The summed E-state index contributed by atoms with van der Waals surface area (Å²) in [5.41, 5.74) is 1.93. The molecule has 33 heavy (non-hydrogen) atoms. The van der Waals surface area contributed by atoms with Gasteiger partial charge in [-0.25, -0.2) is 0 Å². The number of carbonyl (C=O) groups is 2. The molecule has 170 valence electrons. The van der Waals surface area contributed by atoms with E-state index in [-0.39, 0.29) is 30.5 Å². The topological polar surface area (TPSA) is 92.6 Å². The molecule has 0 radical (unpaired) electrons. The zero-order valence-electron chi connectivity index (χ0n) is 18.1. The lowest BCUT2D eigenvalue weighted by atomic mass is 10.0. The van der Waals surface area contributed by atoms with Gasteiger partial charge in [-0.3, -0.25) is 19.7 Å². The number of nitro benzene ring substituents is 1. The van der Waals surface area contributed by atoms with Gasteiger partial charge in [0, 0.05) is 36.1 Å². The summed E-state index contributed by atoms with van der Waals surface area (Å²) >= 11 is 3.44. The van der Waals surface area contributed by atoms with Gasteiger partial charge in [-0.05, 0) is 23.3 Å². The van der Waals surface area contributed by atoms with Crippen LogP contribution in [-0.2, 0) is 29.0 Å². The molecule has 1 atom stereocenters. The van der Waals surface area contributed by atoms with Crippen LogP contribution in [0, 0.1) is 10.1 Å². The maximum absolute atomic E-state index is 13.5. The molecule has 3 aromatic carbocycles. The average Bonchev–Trinajstić information content (AvgIpc) is 2.81. The largest absolute Gasteiger partial charge is 0.357 e. The fourth-order valence-corrected chi connectivity index (χ4v) is 4.10. The molecule has 2 amide bonds. The second kappa shape index (κ2) is 11.4. The lowest BCUT2D eigenvalue weighted by molar-refractivity contribution is -0.385. The highest BCUT2D eigenvalue weighted by atomic mass is 79.9. The van der Waals surface area contributed by atoms with E-state index in [1.807, 2.05) is 54.6 Å². The van der Waals surface area contributed by atoms with Crippen LogP contribution in [-0.4, -0.2) is 34.7 Å². The third-order valence-electron chi connectivity index (χ3n) is 5.29. The summed E-state index contributed by atoms with van der Waals surface area (Å²) in [5.74, 6) is -0.668. The monoisotopic (exact) mass is 509 g/mol. The SMILES string of the molecule is CNC(=O)C(Cc1ccccc1)N(Cc1cccc(Br)c1)C(=O)Cc1ccccc1[N+](=O)[O-]. The van der Waals surface area contributed by atoms with E-state index in [0.29, 0.717) is 12.0 Å². The number of rotatable bonds is 9. The Kier molecular flexibility index (Phi) is 8.32. The zero-order valence-corrected chi connectivity index (χ0v) is 19.7.